The summed E-state index contributed by atoms with van der Waals surface area (Å²) in [5, 5.41) is 13.9. The number of terminal acetylenes is 1. The van der Waals surface area contributed by atoms with Crippen molar-refractivity contribution in [3.8, 4) is 23.8 Å². The van der Waals surface area contributed by atoms with Crippen molar-refractivity contribution >= 4 is 11.4 Å². The van der Waals surface area contributed by atoms with Gasteiger partial charge in [0.05, 0.1) is 0 Å². The number of allylic oxidation sites excluding steroid dienone is 5. The van der Waals surface area contributed by atoms with Crippen molar-refractivity contribution in [1.29, 1.82) is 0 Å². The highest BCUT2D eigenvalue weighted by atomic mass is 16.5. The van der Waals surface area contributed by atoms with Gasteiger partial charge in [-0.05, 0) is 98.0 Å². The van der Waals surface area contributed by atoms with Crippen molar-refractivity contribution in [2.24, 2.45) is 10.8 Å². The van der Waals surface area contributed by atoms with Gasteiger partial charge in [-0.3, -0.25) is 9.90 Å². The van der Waals surface area contributed by atoms with Gasteiger partial charge in [-0.2, -0.15) is 0 Å². The molecule has 1 aliphatic carbocycles. The van der Waals surface area contributed by atoms with Gasteiger partial charge >= 0.3 is 0 Å². The van der Waals surface area contributed by atoms with E-state index in [2.05, 4.69) is 138 Å². The van der Waals surface area contributed by atoms with Gasteiger partial charge in [-0.1, -0.05) is 113 Å². The summed E-state index contributed by atoms with van der Waals surface area (Å²) in [6.45, 7) is 25.5. The maximum Gasteiger partial charge on any atom is 0.186 e. The molecule has 0 saturated heterocycles. The third-order valence-electron chi connectivity index (χ3n) is 8.66. The van der Waals surface area contributed by atoms with E-state index < -0.39 is 0 Å². The molecule has 0 saturated carbocycles. The van der Waals surface area contributed by atoms with E-state index in [1.165, 1.54) is 0 Å². The second-order valence-corrected chi connectivity index (χ2v) is 16.8. The van der Waals surface area contributed by atoms with Crippen molar-refractivity contribution in [1.82, 2.24) is 0 Å². The van der Waals surface area contributed by atoms with E-state index in [1.807, 2.05) is 24.3 Å². The monoisotopic (exact) mass is 627 g/mol. The molecule has 0 spiro atoms. The van der Waals surface area contributed by atoms with Crippen molar-refractivity contribution in [2.75, 3.05) is 0 Å². The molecule has 0 heterocycles. The first-order valence-corrected chi connectivity index (χ1v) is 16.5. The van der Waals surface area contributed by atoms with Crippen molar-refractivity contribution in [3.63, 3.8) is 0 Å². The van der Waals surface area contributed by atoms with E-state index in [0.29, 0.717) is 6.61 Å². The Balaban J connectivity index is 1.99. The van der Waals surface area contributed by atoms with Gasteiger partial charge in [0.25, 0.3) is 0 Å². The third-order valence-corrected chi connectivity index (χ3v) is 8.66. The molecule has 0 fully saturated rings. The number of ketones is 1. The average molecular weight is 628 g/mol. The number of benzene rings is 3. The molecular formula is C44H51O3. The predicted octanol–water partition coefficient (Wildman–Crippen LogP) is 11.3. The van der Waals surface area contributed by atoms with Crippen LogP contribution in [0.2, 0.25) is 0 Å². The Labute approximate surface area is 283 Å². The highest BCUT2D eigenvalue weighted by Crippen LogP contribution is 2.45. The van der Waals surface area contributed by atoms with E-state index in [9.17, 15) is 9.90 Å². The van der Waals surface area contributed by atoms with Gasteiger partial charge in [0.2, 0.25) is 0 Å². The molecule has 245 valence electrons. The van der Waals surface area contributed by atoms with Gasteiger partial charge in [-0.25, -0.2) is 0 Å². The fraction of sp³-hybridized carbons (Fsp3) is 0.386. The second-order valence-electron chi connectivity index (χ2n) is 16.8. The normalized spacial score (nSPS) is 14.4. The van der Waals surface area contributed by atoms with Crippen LogP contribution in [0.4, 0.5) is 0 Å². The number of ether oxygens (including phenoxy) is 1. The Morgan fingerprint density at radius 3 is 1.53 bits per heavy atom. The minimum Gasteiger partial charge on any atom is -0.489 e. The lowest BCUT2D eigenvalue weighted by molar-refractivity contribution is -0.114. The Bertz CT molecular complexity index is 1720. The van der Waals surface area contributed by atoms with Crippen LogP contribution < -0.4 is 4.74 Å². The lowest BCUT2D eigenvalue weighted by Crippen LogP contribution is -2.28. The maximum absolute atomic E-state index is 13.9. The van der Waals surface area contributed by atoms with Gasteiger partial charge in [0.15, 0.2) is 11.5 Å². The molecule has 47 heavy (non-hydrogen) atoms. The van der Waals surface area contributed by atoms with Crippen LogP contribution in [0.25, 0.3) is 5.57 Å². The summed E-state index contributed by atoms with van der Waals surface area (Å²) in [5.74, 6) is 3.57. The Morgan fingerprint density at radius 2 is 1.13 bits per heavy atom. The molecule has 3 heteroatoms. The highest BCUT2D eigenvalue weighted by molar-refractivity contribution is 6.12. The zero-order valence-electron chi connectivity index (χ0n) is 30.4. The van der Waals surface area contributed by atoms with E-state index in [4.69, 9.17) is 11.2 Å². The topological polar surface area (TPSA) is 46.2 Å². The van der Waals surface area contributed by atoms with Crippen LogP contribution in [0.15, 0.2) is 89.5 Å². The summed E-state index contributed by atoms with van der Waals surface area (Å²) in [7, 11) is 0. The molecule has 0 unspecified atom stereocenters. The standard InChI is InChI=1S/C44H51O3/c1-14-28-17-21-33(22-18-28)47-27-29-15-19-30(20-16-29)38(31-23-34(41(2,3)4)39(45)35(24-31)42(5,6)7)32-25-36(43(8,9)10)40(46)37(26-32)44(11,12)13/h1,15-26H,27H2,2-13H3. The summed E-state index contributed by atoms with van der Waals surface area (Å²) < 4.78 is 6.06. The molecule has 1 radical (unpaired) electrons. The minimum absolute atomic E-state index is 0.0940. The summed E-state index contributed by atoms with van der Waals surface area (Å²) in [5.41, 5.74) is 7.47. The van der Waals surface area contributed by atoms with Gasteiger partial charge in [-0.15, -0.1) is 6.42 Å². The van der Waals surface area contributed by atoms with Gasteiger partial charge in [0, 0.05) is 27.8 Å². The van der Waals surface area contributed by atoms with E-state index >= 15 is 0 Å². The first kappa shape index (κ1) is 35.6. The number of hydrogen-bond donors (Lipinski definition) is 0. The summed E-state index contributed by atoms with van der Waals surface area (Å²) in [4.78, 5) is 13.9. The van der Waals surface area contributed by atoms with Gasteiger partial charge in [0.1, 0.15) is 12.4 Å². The molecule has 0 aromatic heterocycles. The first-order valence-electron chi connectivity index (χ1n) is 16.5. The maximum atomic E-state index is 13.9. The third kappa shape index (κ3) is 7.99. The molecule has 3 aromatic carbocycles. The lowest BCUT2D eigenvalue weighted by Gasteiger charge is -2.32. The minimum atomic E-state index is -0.357. The molecule has 0 aliphatic heterocycles. The summed E-state index contributed by atoms with van der Waals surface area (Å²) >= 11 is 0. The van der Waals surface area contributed by atoms with Crippen molar-refractivity contribution in [2.45, 2.75) is 101 Å². The van der Waals surface area contributed by atoms with Crippen LogP contribution in [-0.2, 0) is 27.3 Å². The van der Waals surface area contributed by atoms with Crippen LogP contribution in [0.1, 0.15) is 116 Å². The van der Waals surface area contributed by atoms with Crippen LogP contribution >= 0.6 is 0 Å². The number of carbonyl (C=O) groups excluding carboxylic acids is 1. The number of Topliss-reactive ketones (excluding diaryl/α,β-unsaturated/α-hetero) is 1. The zero-order valence-corrected chi connectivity index (χ0v) is 30.4. The average Bonchev–Trinajstić information content (AvgIpc) is 2.96. The van der Waals surface area contributed by atoms with Gasteiger partial charge < -0.3 is 4.74 Å². The van der Waals surface area contributed by atoms with E-state index in [1.54, 1.807) is 0 Å². The van der Waals surface area contributed by atoms with Crippen molar-refractivity contribution < 1.29 is 14.6 Å². The SMILES string of the molecule is C#Cc1ccc(OCc2ccc(C(=C3C=C(C(C)(C)C)C(=O)C(C(C)(C)C)=C3)c3cc(C(C)(C)C)c([O])c(C(C)(C)C)c3)cc2)cc1. The number of rotatable bonds is 5. The molecule has 4 rings (SSSR count). The molecule has 0 amide bonds. The number of carbonyl (C=O) groups is 1. The number of hydrogen-bond acceptors (Lipinski definition) is 2. The van der Waals surface area contributed by atoms with E-state index in [0.717, 1.165) is 61.4 Å². The molecule has 1 aliphatic rings. The van der Waals surface area contributed by atoms with Crippen LogP contribution in [-0.4, -0.2) is 5.78 Å². The highest BCUT2D eigenvalue weighted by Gasteiger charge is 2.35. The second kappa shape index (κ2) is 12.7. The largest absolute Gasteiger partial charge is 0.489 e. The molecular weight excluding hydrogens is 576 g/mol. The first-order chi connectivity index (χ1) is 21.6. The zero-order chi connectivity index (χ0) is 35.1. The molecule has 0 N–H and O–H groups in total. The van der Waals surface area contributed by atoms with Crippen molar-refractivity contribution in [3.05, 3.63) is 123 Å². The summed E-state index contributed by atoms with van der Waals surface area (Å²) in [6, 6.07) is 20.1. The molecule has 3 nitrogen and oxygen atoms in total. The fourth-order valence-electron chi connectivity index (χ4n) is 5.86. The Kier molecular flexibility index (Phi) is 9.63. The molecule has 3 aromatic rings. The molecule has 0 bridgehead atoms. The quantitative estimate of drug-likeness (QED) is 0.264. The van der Waals surface area contributed by atoms with Crippen LogP contribution in [0, 0.1) is 23.2 Å². The smallest absolute Gasteiger partial charge is 0.186 e. The Hall–Kier alpha value is -4.29. The lowest BCUT2D eigenvalue weighted by atomic mass is 9.70. The predicted molar refractivity (Wildman–Crippen MR) is 195 cm³/mol. The summed E-state index contributed by atoms with van der Waals surface area (Å²) in [6.07, 6.45) is 9.64. The van der Waals surface area contributed by atoms with Crippen LogP contribution in [0.3, 0.4) is 0 Å². The Morgan fingerprint density at radius 1 is 0.660 bits per heavy atom. The fourth-order valence-corrected chi connectivity index (χ4v) is 5.86. The molecule has 0 atom stereocenters. The van der Waals surface area contributed by atoms with E-state index in [-0.39, 0.29) is 33.2 Å². The van der Waals surface area contributed by atoms with Crippen LogP contribution in [0.5, 0.6) is 11.5 Å².